The standard InChI is InChI=1S/C16H21NO2S/c1-2-18-8-9-19-15-6-3-5-14(11-15)12-17-13-16-7-4-10-20-16/h3-7,10-11,17H,2,8-9,12-13H2,1H3. The minimum absolute atomic E-state index is 0.597. The van der Waals surface area contributed by atoms with Gasteiger partial charge in [0.2, 0.25) is 0 Å². The van der Waals surface area contributed by atoms with Crippen molar-refractivity contribution < 1.29 is 9.47 Å². The number of ether oxygens (including phenoxy) is 2. The molecule has 4 heteroatoms. The highest BCUT2D eigenvalue weighted by Crippen LogP contribution is 2.14. The van der Waals surface area contributed by atoms with E-state index in [1.54, 1.807) is 11.3 Å². The molecule has 0 unspecified atom stereocenters. The van der Waals surface area contributed by atoms with Gasteiger partial charge in [0.1, 0.15) is 12.4 Å². The van der Waals surface area contributed by atoms with Gasteiger partial charge in [0.25, 0.3) is 0 Å². The zero-order chi connectivity index (χ0) is 14.0. The summed E-state index contributed by atoms with van der Waals surface area (Å²) >= 11 is 1.78. The summed E-state index contributed by atoms with van der Waals surface area (Å²) in [5, 5.41) is 5.54. The number of benzene rings is 1. The van der Waals surface area contributed by atoms with Gasteiger partial charge < -0.3 is 14.8 Å². The fourth-order valence-corrected chi connectivity index (χ4v) is 2.53. The van der Waals surface area contributed by atoms with Crippen molar-refractivity contribution in [2.45, 2.75) is 20.0 Å². The van der Waals surface area contributed by atoms with Crippen LogP contribution in [0.4, 0.5) is 0 Å². The molecule has 1 aromatic carbocycles. The first-order valence-corrected chi connectivity index (χ1v) is 7.79. The highest BCUT2D eigenvalue weighted by atomic mass is 32.1. The van der Waals surface area contributed by atoms with E-state index in [4.69, 9.17) is 9.47 Å². The van der Waals surface area contributed by atoms with Crippen LogP contribution < -0.4 is 10.1 Å². The zero-order valence-electron chi connectivity index (χ0n) is 11.8. The molecule has 0 amide bonds. The van der Waals surface area contributed by atoms with E-state index in [0.717, 1.165) is 25.4 Å². The number of thiophene rings is 1. The fourth-order valence-electron chi connectivity index (χ4n) is 1.85. The lowest BCUT2D eigenvalue weighted by molar-refractivity contribution is 0.110. The van der Waals surface area contributed by atoms with E-state index < -0.39 is 0 Å². The second kappa shape index (κ2) is 8.74. The molecule has 0 radical (unpaired) electrons. The zero-order valence-corrected chi connectivity index (χ0v) is 12.6. The predicted octanol–water partition coefficient (Wildman–Crippen LogP) is 3.45. The summed E-state index contributed by atoms with van der Waals surface area (Å²) in [4.78, 5) is 1.36. The minimum Gasteiger partial charge on any atom is -0.491 e. The van der Waals surface area contributed by atoms with E-state index >= 15 is 0 Å². The van der Waals surface area contributed by atoms with Crippen LogP contribution in [0.5, 0.6) is 5.75 Å². The van der Waals surface area contributed by atoms with Crippen LogP contribution >= 0.6 is 11.3 Å². The van der Waals surface area contributed by atoms with Gasteiger partial charge >= 0.3 is 0 Å². The quantitative estimate of drug-likeness (QED) is 0.718. The highest BCUT2D eigenvalue weighted by molar-refractivity contribution is 7.09. The molecule has 20 heavy (non-hydrogen) atoms. The number of rotatable bonds is 9. The molecule has 0 aliphatic rings. The Morgan fingerprint density at radius 2 is 2.05 bits per heavy atom. The van der Waals surface area contributed by atoms with E-state index in [0.29, 0.717) is 13.2 Å². The number of hydrogen-bond donors (Lipinski definition) is 1. The predicted molar refractivity (Wildman–Crippen MR) is 83.3 cm³/mol. The van der Waals surface area contributed by atoms with Crippen LogP contribution in [-0.4, -0.2) is 19.8 Å². The molecule has 0 aliphatic heterocycles. The van der Waals surface area contributed by atoms with Crippen LogP contribution in [0.1, 0.15) is 17.4 Å². The second-order valence-electron chi connectivity index (χ2n) is 4.38. The Kier molecular flexibility index (Phi) is 6.57. The average Bonchev–Trinajstić information content (AvgIpc) is 2.97. The maximum atomic E-state index is 5.65. The maximum absolute atomic E-state index is 5.65. The molecule has 0 fully saturated rings. The topological polar surface area (TPSA) is 30.5 Å². The molecule has 1 N–H and O–H groups in total. The Balaban J connectivity index is 1.74. The van der Waals surface area contributed by atoms with Crippen molar-refractivity contribution >= 4 is 11.3 Å². The third kappa shape index (κ3) is 5.33. The molecule has 0 spiro atoms. The van der Waals surface area contributed by atoms with E-state index in [-0.39, 0.29) is 0 Å². The van der Waals surface area contributed by atoms with Gasteiger partial charge in [-0.15, -0.1) is 11.3 Å². The molecule has 1 aromatic heterocycles. The van der Waals surface area contributed by atoms with Gasteiger partial charge in [-0.05, 0) is 36.1 Å². The third-order valence-electron chi connectivity index (χ3n) is 2.81. The van der Waals surface area contributed by atoms with Crippen LogP contribution in [0.3, 0.4) is 0 Å². The Morgan fingerprint density at radius 1 is 1.10 bits per heavy atom. The molecule has 0 atom stereocenters. The summed E-state index contributed by atoms with van der Waals surface area (Å²) in [6, 6.07) is 12.4. The molecule has 0 saturated carbocycles. The summed E-state index contributed by atoms with van der Waals surface area (Å²) in [5.41, 5.74) is 1.23. The molecule has 2 aromatic rings. The SMILES string of the molecule is CCOCCOc1cccc(CNCc2cccs2)c1. The lowest BCUT2D eigenvalue weighted by Crippen LogP contribution is -2.12. The van der Waals surface area contributed by atoms with Crippen molar-refractivity contribution in [2.24, 2.45) is 0 Å². The number of nitrogens with one attached hydrogen (secondary N) is 1. The van der Waals surface area contributed by atoms with Gasteiger partial charge in [-0.2, -0.15) is 0 Å². The second-order valence-corrected chi connectivity index (χ2v) is 5.41. The van der Waals surface area contributed by atoms with Crippen molar-refractivity contribution in [2.75, 3.05) is 19.8 Å². The smallest absolute Gasteiger partial charge is 0.119 e. The van der Waals surface area contributed by atoms with Crippen LogP contribution in [0.15, 0.2) is 41.8 Å². The van der Waals surface area contributed by atoms with Gasteiger partial charge in [-0.25, -0.2) is 0 Å². The normalized spacial score (nSPS) is 10.7. The monoisotopic (exact) mass is 291 g/mol. The largest absolute Gasteiger partial charge is 0.491 e. The first kappa shape index (κ1) is 15.0. The lowest BCUT2D eigenvalue weighted by atomic mass is 10.2. The number of hydrogen-bond acceptors (Lipinski definition) is 4. The molecule has 0 aliphatic carbocycles. The summed E-state index contributed by atoms with van der Waals surface area (Å²) in [6.07, 6.45) is 0. The van der Waals surface area contributed by atoms with Gasteiger partial charge in [0.05, 0.1) is 6.61 Å². The highest BCUT2D eigenvalue weighted by Gasteiger charge is 1.98. The summed E-state index contributed by atoms with van der Waals surface area (Å²) in [6.45, 7) is 5.71. The molecule has 3 nitrogen and oxygen atoms in total. The third-order valence-corrected chi connectivity index (χ3v) is 3.68. The van der Waals surface area contributed by atoms with E-state index in [2.05, 4.69) is 35.0 Å². The Bertz CT molecular complexity index is 485. The molecule has 0 saturated heterocycles. The molecule has 0 bridgehead atoms. The minimum atomic E-state index is 0.597. The van der Waals surface area contributed by atoms with Crippen molar-refractivity contribution in [1.82, 2.24) is 5.32 Å². The van der Waals surface area contributed by atoms with Crippen molar-refractivity contribution in [3.05, 3.63) is 52.2 Å². The Hall–Kier alpha value is -1.36. The maximum Gasteiger partial charge on any atom is 0.119 e. The van der Waals surface area contributed by atoms with E-state index in [1.165, 1.54) is 10.4 Å². The van der Waals surface area contributed by atoms with Gasteiger partial charge in [0.15, 0.2) is 0 Å². The van der Waals surface area contributed by atoms with Crippen molar-refractivity contribution in [1.29, 1.82) is 0 Å². The lowest BCUT2D eigenvalue weighted by Gasteiger charge is -2.08. The molecule has 1 heterocycles. The van der Waals surface area contributed by atoms with Crippen LogP contribution in [0, 0.1) is 0 Å². The van der Waals surface area contributed by atoms with E-state index in [1.807, 2.05) is 19.1 Å². The Labute approximate surface area is 124 Å². The van der Waals surface area contributed by atoms with Crippen molar-refractivity contribution in [3.8, 4) is 5.75 Å². The van der Waals surface area contributed by atoms with Gasteiger partial charge in [-0.3, -0.25) is 0 Å². The molecular weight excluding hydrogens is 270 g/mol. The summed E-state index contributed by atoms with van der Waals surface area (Å²) in [7, 11) is 0. The van der Waals surface area contributed by atoms with Crippen LogP contribution in [0.25, 0.3) is 0 Å². The van der Waals surface area contributed by atoms with Crippen LogP contribution in [-0.2, 0) is 17.8 Å². The van der Waals surface area contributed by atoms with E-state index in [9.17, 15) is 0 Å². The van der Waals surface area contributed by atoms with Gasteiger partial charge in [0, 0.05) is 24.6 Å². The van der Waals surface area contributed by atoms with Crippen LogP contribution in [0.2, 0.25) is 0 Å². The van der Waals surface area contributed by atoms with Gasteiger partial charge in [-0.1, -0.05) is 18.2 Å². The average molecular weight is 291 g/mol. The summed E-state index contributed by atoms with van der Waals surface area (Å²) in [5.74, 6) is 0.903. The Morgan fingerprint density at radius 3 is 2.85 bits per heavy atom. The first-order valence-electron chi connectivity index (χ1n) is 6.91. The first-order chi connectivity index (χ1) is 9.88. The molecule has 2 rings (SSSR count). The fraction of sp³-hybridized carbons (Fsp3) is 0.375. The summed E-state index contributed by atoms with van der Waals surface area (Å²) < 4.78 is 10.9. The van der Waals surface area contributed by atoms with Crippen molar-refractivity contribution in [3.63, 3.8) is 0 Å². The molecular formula is C16H21NO2S. The molecule has 108 valence electrons.